The van der Waals surface area contributed by atoms with Crippen molar-refractivity contribution in [3.63, 3.8) is 0 Å². The third kappa shape index (κ3) is 1.32. The standard InChI is InChI=1S/C10H14O/c11-10-6-5-8-3-1-2-4-9(8)7-10/h4,7-8,11H,1-3,5-6H2. The molecule has 0 aromatic rings. The first kappa shape index (κ1) is 6.96. The lowest BCUT2D eigenvalue weighted by molar-refractivity contribution is 0.347. The van der Waals surface area contributed by atoms with E-state index in [9.17, 15) is 5.11 Å². The highest BCUT2D eigenvalue weighted by atomic mass is 16.3. The summed E-state index contributed by atoms with van der Waals surface area (Å²) < 4.78 is 0. The Balaban J connectivity index is 2.23. The molecule has 1 N–H and O–H groups in total. The molecule has 0 aromatic heterocycles. The molecule has 0 aromatic carbocycles. The average molecular weight is 150 g/mol. The fourth-order valence-corrected chi connectivity index (χ4v) is 2.04. The molecule has 2 aliphatic carbocycles. The fourth-order valence-electron chi connectivity index (χ4n) is 2.04. The number of hydrogen-bond acceptors (Lipinski definition) is 1. The molecule has 0 heterocycles. The van der Waals surface area contributed by atoms with Gasteiger partial charge < -0.3 is 5.11 Å². The highest BCUT2D eigenvalue weighted by Crippen LogP contribution is 2.34. The van der Waals surface area contributed by atoms with Crippen LogP contribution < -0.4 is 0 Å². The van der Waals surface area contributed by atoms with Gasteiger partial charge in [0.05, 0.1) is 5.76 Å². The zero-order valence-electron chi connectivity index (χ0n) is 6.71. The lowest BCUT2D eigenvalue weighted by Crippen LogP contribution is -2.11. The molecule has 60 valence electrons. The largest absolute Gasteiger partial charge is 0.512 e. The first-order valence-corrected chi connectivity index (χ1v) is 4.46. The predicted molar refractivity (Wildman–Crippen MR) is 45.4 cm³/mol. The number of hydrogen-bond donors (Lipinski definition) is 1. The fraction of sp³-hybridized carbons (Fsp3) is 0.600. The highest BCUT2D eigenvalue weighted by molar-refractivity contribution is 5.28. The molecular weight excluding hydrogens is 136 g/mol. The van der Waals surface area contributed by atoms with Crippen molar-refractivity contribution in [1.29, 1.82) is 0 Å². The van der Waals surface area contributed by atoms with Crippen molar-refractivity contribution in [2.45, 2.75) is 32.1 Å². The van der Waals surface area contributed by atoms with Gasteiger partial charge in [-0.3, -0.25) is 0 Å². The minimum Gasteiger partial charge on any atom is -0.512 e. The van der Waals surface area contributed by atoms with Crippen LogP contribution in [0.25, 0.3) is 0 Å². The summed E-state index contributed by atoms with van der Waals surface area (Å²) in [6.07, 6.45) is 10.2. The maximum absolute atomic E-state index is 9.27. The maximum atomic E-state index is 9.27. The van der Waals surface area contributed by atoms with Gasteiger partial charge in [-0.2, -0.15) is 0 Å². The summed E-state index contributed by atoms with van der Waals surface area (Å²) in [7, 11) is 0. The van der Waals surface area contributed by atoms with Crippen LogP contribution in [0.15, 0.2) is 23.5 Å². The van der Waals surface area contributed by atoms with Gasteiger partial charge in [-0.25, -0.2) is 0 Å². The van der Waals surface area contributed by atoms with E-state index in [1.807, 2.05) is 6.08 Å². The first-order chi connectivity index (χ1) is 5.36. The number of rotatable bonds is 0. The summed E-state index contributed by atoms with van der Waals surface area (Å²) in [5, 5.41) is 9.27. The molecule has 1 nitrogen and oxygen atoms in total. The number of aliphatic hydroxyl groups excluding tert-OH is 1. The Labute approximate surface area is 67.4 Å². The van der Waals surface area contributed by atoms with Crippen molar-refractivity contribution in [2.24, 2.45) is 5.92 Å². The van der Waals surface area contributed by atoms with Gasteiger partial charge in [-0.05, 0) is 43.3 Å². The van der Waals surface area contributed by atoms with Crippen molar-refractivity contribution in [2.75, 3.05) is 0 Å². The van der Waals surface area contributed by atoms with Gasteiger partial charge in [0.25, 0.3) is 0 Å². The first-order valence-electron chi connectivity index (χ1n) is 4.46. The molecule has 2 rings (SSSR count). The third-order valence-electron chi connectivity index (χ3n) is 2.69. The minimum absolute atomic E-state index is 0.578. The van der Waals surface area contributed by atoms with E-state index < -0.39 is 0 Å². The van der Waals surface area contributed by atoms with Gasteiger partial charge in [0.2, 0.25) is 0 Å². The molecule has 2 aliphatic rings. The SMILES string of the molecule is OC1=CC2=CCCCC2CC1. The monoisotopic (exact) mass is 150 g/mol. The van der Waals surface area contributed by atoms with Crippen molar-refractivity contribution in [1.82, 2.24) is 0 Å². The number of aliphatic hydroxyl groups is 1. The lowest BCUT2D eigenvalue weighted by atomic mass is 9.81. The number of fused-ring (bicyclic) bond motifs is 1. The molecule has 0 radical (unpaired) electrons. The van der Waals surface area contributed by atoms with Crippen LogP contribution >= 0.6 is 0 Å². The Kier molecular flexibility index (Phi) is 1.72. The molecule has 0 aliphatic heterocycles. The Morgan fingerprint density at radius 2 is 2.27 bits per heavy atom. The van der Waals surface area contributed by atoms with Crippen LogP contribution in [0.2, 0.25) is 0 Å². The van der Waals surface area contributed by atoms with Gasteiger partial charge >= 0.3 is 0 Å². The molecule has 0 saturated heterocycles. The quantitative estimate of drug-likeness (QED) is 0.563. The lowest BCUT2D eigenvalue weighted by Gasteiger charge is -2.25. The zero-order valence-corrected chi connectivity index (χ0v) is 6.71. The summed E-state index contributed by atoms with van der Waals surface area (Å²) in [5.41, 5.74) is 1.39. The van der Waals surface area contributed by atoms with Crippen LogP contribution in [-0.2, 0) is 0 Å². The molecule has 11 heavy (non-hydrogen) atoms. The summed E-state index contributed by atoms with van der Waals surface area (Å²) in [4.78, 5) is 0. The van der Waals surface area contributed by atoms with Gasteiger partial charge in [0.1, 0.15) is 0 Å². The second-order valence-corrected chi connectivity index (χ2v) is 3.51. The number of allylic oxidation sites excluding steroid dienone is 4. The summed E-state index contributed by atoms with van der Waals surface area (Å²) in [5.74, 6) is 1.34. The third-order valence-corrected chi connectivity index (χ3v) is 2.69. The molecule has 0 fully saturated rings. The van der Waals surface area contributed by atoms with E-state index in [0.29, 0.717) is 5.76 Å². The van der Waals surface area contributed by atoms with Crippen molar-refractivity contribution < 1.29 is 5.11 Å². The van der Waals surface area contributed by atoms with Crippen molar-refractivity contribution in [3.8, 4) is 0 Å². The van der Waals surface area contributed by atoms with E-state index in [0.717, 1.165) is 18.8 Å². The predicted octanol–water partition coefficient (Wildman–Crippen LogP) is 2.95. The van der Waals surface area contributed by atoms with E-state index in [4.69, 9.17) is 0 Å². The van der Waals surface area contributed by atoms with Crippen LogP contribution in [0, 0.1) is 5.92 Å². The van der Waals surface area contributed by atoms with Crippen LogP contribution in [0.1, 0.15) is 32.1 Å². The van der Waals surface area contributed by atoms with Crippen LogP contribution in [0.5, 0.6) is 0 Å². The molecule has 0 spiro atoms. The molecule has 1 atom stereocenters. The van der Waals surface area contributed by atoms with E-state index in [1.54, 1.807) is 0 Å². The molecule has 0 bridgehead atoms. The average Bonchev–Trinajstić information content (AvgIpc) is 2.04. The zero-order chi connectivity index (χ0) is 7.68. The Morgan fingerprint density at radius 1 is 1.36 bits per heavy atom. The minimum atomic E-state index is 0.578. The van der Waals surface area contributed by atoms with E-state index in [1.165, 1.54) is 24.8 Å². The van der Waals surface area contributed by atoms with Gasteiger partial charge in [-0.1, -0.05) is 6.08 Å². The summed E-state index contributed by atoms with van der Waals surface area (Å²) >= 11 is 0. The topological polar surface area (TPSA) is 20.2 Å². The van der Waals surface area contributed by atoms with Crippen LogP contribution in [0.4, 0.5) is 0 Å². The second-order valence-electron chi connectivity index (χ2n) is 3.51. The van der Waals surface area contributed by atoms with Gasteiger partial charge in [0, 0.05) is 6.42 Å². The maximum Gasteiger partial charge on any atom is 0.0925 e. The Bertz CT molecular complexity index is 213. The van der Waals surface area contributed by atoms with E-state index in [-0.39, 0.29) is 0 Å². The Morgan fingerprint density at radius 3 is 3.18 bits per heavy atom. The van der Waals surface area contributed by atoms with Gasteiger partial charge in [0.15, 0.2) is 0 Å². The van der Waals surface area contributed by atoms with E-state index in [2.05, 4.69) is 6.08 Å². The van der Waals surface area contributed by atoms with Crippen molar-refractivity contribution in [3.05, 3.63) is 23.5 Å². The van der Waals surface area contributed by atoms with Crippen LogP contribution in [0.3, 0.4) is 0 Å². The van der Waals surface area contributed by atoms with E-state index >= 15 is 0 Å². The van der Waals surface area contributed by atoms with Crippen molar-refractivity contribution >= 4 is 0 Å². The molecule has 1 unspecified atom stereocenters. The van der Waals surface area contributed by atoms with Gasteiger partial charge in [-0.15, -0.1) is 0 Å². The molecule has 0 saturated carbocycles. The highest BCUT2D eigenvalue weighted by Gasteiger charge is 2.20. The van der Waals surface area contributed by atoms with Crippen LogP contribution in [-0.4, -0.2) is 5.11 Å². The summed E-state index contributed by atoms with van der Waals surface area (Å²) in [6.45, 7) is 0. The molecule has 1 heteroatoms. The Hall–Kier alpha value is -0.720. The molecule has 0 amide bonds. The second kappa shape index (κ2) is 2.72. The molecular formula is C10H14O. The smallest absolute Gasteiger partial charge is 0.0925 e. The normalized spacial score (nSPS) is 30.4. The summed E-state index contributed by atoms with van der Waals surface area (Å²) in [6, 6.07) is 0.